The van der Waals surface area contributed by atoms with Crippen molar-refractivity contribution in [1.29, 1.82) is 0 Å². The van der Waals surface area contributed by atoms with E-state index < -0.39 is 10.0 Å². The van der Waals surface area contributed by atoms with Gasteiger partial charge in [-0.25, -0.2) is 8.42 Å². The van der Waals surface area contributed by atoms with Crippen LogP contribution in [0.25, 0.3) is 0 Å². The van der Waals surface area contributed by atoms with Crippen molar-refractivity contribution in [2.45, 2.75) is 4.90 Å². The molecule has 8 heteroatoms. The van der Waals surface area contributed by atoms with Gasteiger partial charge in [0, 0.05) is 17.4 Å². The Labute approximate surface area is 128 Å². The average Bonchev–Trinajstić information content (AvgIpc) is 2.35. The Morgan fingerprint density at radius 3 is 2.63 bits per heavy atom. The van der Waals surface area contributed by atoms with E-state index in [-0.39, 0.29) is 9.92 Å². The molecule has 0 aliphatic carbocycles. The Morgan fingerprint density at radius 1 is 1.21 bits per heavy atom. The number of halogens is 3. The molecule has 1 aromatic heterocycles. The fourth-order valence-corrected chi connectivity index (χ4v) is 3.66. The van der Waals surface area contributed by atoms with E-state index in [2.05, 4.69) is 25.6 Å². The first kappa shape index (κ1) is 14.6. The average molecular weight is 382 g/mol. The quantitative estimate of drug-likeness (QED) is 0.875. The molecule has 0 saturated carbocycles. The lowest BCUT2D eigenvalue weighted by Crippen LogP contribution is -2.14. The SMILES string of the molecule is O=S(=O)(Nc1ccncc1Br)c1cc(Cl)ccc1Cl. The number of benzene rings is 1. The lowest BCUT2D eigenvalue weighted by Gasteiger charge is -2.10. The highest BCUT2D eigenvalue weighted by molar-refractivity contribution is 9.10. The molecule has 19 heavy (non-hydrogen) atoms. The predicted octanol–water partition coefficient (Wildman–Crippen LogP) is 3.95. The van der Waals surface area contributed by atoms with E-state index >= 15 is 0 Å². The second kappa shape index (κ2) is 5.66. The molecule has 0 radical (unpaired) electrons. The molecule has 0 amide bonds. The maximum Gasteiger partial charge on any atom is 0.263 e. The van der Waals surface area contributed by atoms with Crippen LogP contribution in [0.1, 0.15) is 0 Å². The summed E-state index contributed by atoms with van der Waals surface area (Å²) in [6.07, 6.45) is 2.96. The summed E-state index contributed by atoms with van der Waals surface area (Å²) in [7, 11) is -3.81. The number of nitrogens with zero attached hydrogens (tertiary/aromatic N) is 1. The standard InChI is InChI=1S/C11H7BrCl2N2O2S/c12-8-6-15-4-3-10(8)16-19(17,18)11-5-7(13)1-2-9(11)14/h1-6H,(H,15,16). The zero-order valence-electron chi connectivity index (χ0n) is 9.27. The molecule has 0 atom stereocenters. The van der Waals surface area contributed by atoms with Crippen LogP contribution in [-0.4, -0.2) is 13.4 Å². The minimum Gasteiger partial charge on any atom is -0.278 e. The highest BCUT2D eigenvalue weighted by Gasteiger charge is 2.19. The van der Waals surface area contributed by atoms with Crippen LogP contribution in [0.2, 0.25) is 10.0 Å². The smallest absolute Gasteiger partial charge is 0.263 e. The lowest BCUT2D eigenvalue weighted by molar-refractivity contribution is 0.601. The van der Waals surface area contributed by atoms with E-state index in [1.54, 1.807) is 0 Å². The maximum absolute atomic E-state index is 12.2. The normalized spacial score (nSPS) is 11.3. The van der Waals surface area contributed by atoms with E-state index in [0.717, 1.165) is 0 Å². The summed E-state index contributed by atoms with van der Waals surface area (Å²) in [5, 5.41) is 0.389. The van der Waals surface area contributed by atoms with Gasteiger partial charge in [0.2, 0.25) is 0 Å². The molecule has 4 nitrogen and oxygen atoms in total. The van der Waals surface area contributed by atoms with Crippen molar-refractivity contribution < 1.29 is 8.42 Å². The molecular weight excluding hydrogens is 375 g/mol. The van der Waals surface area contributed by atoms with Crippen LogP contribution in [0.15, 0.2) is 46.0 Å². The highest BCUT2D eigenvalue weighted by Crippen LogP contribution is 2.28. The summed E-state index contributed by atoms with van der Waals surface area (Å²) in [6.45, 7) is 0. The first-order chi connectivity index (χ1) is 8.90. The molecular formula is C11H7BrCl2N2O2S. The minimum atomic E-state index is -3.81. The van der Waals surface area contributed by atoms with Gasteiger partial charge in [0.15, 0.2) is 0 Å². The Balaban J connectivity index is 2.44. The Kier molecular flexibility index (Phi) is 4.35. The molecule has 0 aliphatic heterocycles. The zero-order chi connectivity index (χ0) is 14.0. The molecule has 1 N–H and O–H groups in total. The van der Waals surface area contributed by atoms with Crippen LogP contribution in [0.3, 0.4) is 0 Å². The molecule has 0 aliphatic rings. The third-order valence-corrected chi connectivity index (χ3v) is 4.91. The first-order valence-electron chi connectivity index (χ1n) is 4.97. The number of hydrogen-bond acceptors (Lipinski definition) is 3. The van der Waals surface area contributed by atoms with E-state index in [1.165, 1.54) is 36.7 Å². The third-order valence-electron chi connectivity index (χ3n) is 2.20. The van der Waals surface area contributed by atoms with Crippen LogP contribution in [-0.2, 0) is 10.0 Å². The van der Waals surface area contributed by atoms with Gasteiger partial charge in [-0.05, 0) is 40.2 Å². The second-order valence-corrected chi connectivity index (χ2v) is 6.88. The van der Waals surface area contributed by atoms with Gasteiger partial charge < -0.3 is 0 Å². The molecule has 2 rings (SSSR count). The molecule has 0 spiro atoms. The molecule has 0 bridgehead atoms. The van der Waals surface area contributed by atoms with Crippen molar-refractivity contribution >= 4 is 54.8 Å². The number of rotatable bonds is 3. The van der Waals surface area contributed by atoms with Crippen LogP contribution in [0, 0.1) is 0 Å². The fraction of sp³-hybridized carbons (Fsp3) is 0. The number of pyridine rings is 1. The largest absolute Gasteiger partial charge is 0.278 e. The van der Waals surface area contributed by atoms with Crippen LogP contribution in [0.5, 0.6) is 0 Å². The Morgan fingerprint density at radius 2 is 1.95 bits per heavy atom. The van der Waals surface area contributed by atoms with E-state index in [4.69, 9.17) is 23.2 Å². The Hall–Kier alpha value is -0.820. The number of anilines is 1. The van der Waals surface area contributed by atoms with Gasteiger partial charge in [0.05, 0.1) is 15.2 Å². The third kappa shape index (κ3) is 3.39. The molecule has 0 unspecified atom stereocenters. The molecule has 0 saturated heterocycles. The summed E-state index contributed by atoms with van der Waals surface area (Å²) in [6, 6.07) is 5.77. The maximum atomic E-state index is 12.2. The van der Waals surface area contributed by atoms with Crippen molar-refractivity contribution in [3.63, 3.8) is 0 Å². The predicted molar refractivity (Wildman–Crippen MR) is 79.2 cm³/mol. The Bertz CT molecular complexity index is 722. The molecule has 1 aromatic carbocycles. The van der Waals surface area contributed by atoms with E-state index in [1.807, 2.05) is 0 Å². The van der Waals surface area contributed by atoms with Crippen LogP contribution in [0.4, 0.5) is 5.69 Å². The number of aromatic nitrogens is 1. The number of sulfonamides is 1. The molecule has 1 heterocycles. The monoisotopic (exact) mass is 380 g/mol. The second-order valence-electron chi connectivity index (χ2n) is 3.54. The van der Waals surface area contributed by atoms with Gasteiger partial charge in [-0.15, -0.1) is 0 Å². The van der Waals surface area contributed by atoms with Crippen molar-refractivity contribution in [3.05, 3.63) is 51.2 Å². The first-order valence-corrected chi connectivity index (χ1v) is 8.01. The summed E-state index contributed by atoms with van der Waals surface area (Å²) in [5.74, 6) is 0. The fourth-order valence-electron chi connectivity index (χ4n) is 1.34. The summed E-state index contributed by atoms with van der Waals surface area (Å²) in [4.78, 5) is 3.77. The number of hydrogen-bond donors (Lipinski definition) is 1. The lowest BCUT2D eigenvalue weighted by atomic mass is 10.4. The van der Waals surface area contributed by atoms with Gasteiger partial charge >= 0.3 is 0 Å². The summed E-state index contributed by atoms with van der Waals surface area (Å²) >= 11 is 14.9. The van der Waals surface area contributed by atoms with Gasteiger partial charge in [-0.2, -0.15) is 0 Å². The summed E-state index contributed by atoms with van der Waals surface area (Å²) < 4.78 is 27.4. The minimum absolute atomic E-state index is 0.0784. The van der Waals surface area contributed by atoms with Crippen molar-refractivity contribution in [2.75, 3.05) is 4.72 Å². The van der Waals surface area contributed by atoms with E-state index in [0.29, 0.717) is 15.2 Å². The molecule has 100 valence electrons. The van der Waals surface area contributed by atoms with E-state index in [9.17, 15) is 8.42 Å². The van der Waals surface area contributed by atoms with Gasteiger partial charge in [0.1, 0.15) is 4.90 Å². The van der Waals surface area contributed by atoms with Crippen LogP contribution >= 0.6 is 39.1 Å². The topological polar surface area (TPSA) is 59.1 Å². The molecule has 0 fully saturated rings. The van der Waals surface area contributed by atoms with Gasteiger partial charge in [0.25, 0.3) is 10.0 Å². The van der Waals surface area contributed by atoms with Crippen molar-refractivity contribution in [3.8, 4) is 0 Å². The van der Waals surface area contributed by atoms with Crippen molar-refractivity contribution in [1.82, 2.24) is 4.98 Å². The summed E-state index contributed by atoms with van der Waals surface area (Å²) in [5.41, 5.74) is 0.367. The zero-order valence-corrected chi connectivity index (χ0v) is 13.2. The van der Waals surface area contributed by atoms with Crippen LogP contribution < -0.4 is 4.72 Å². The number of nitrogens with one attached hydrogen (secondary N) is 1. The molecule has 2 aromatic rings. The highest BCUT2D eigenvalue weighted by atomic mass is 79.9. The van der Waals surface area contributed by atoms with Gasteiger partial charge in [-0.1, -0.05) is 23.2 Å². The van der Waals surface area contributed by atoms with Gasteiger partial charge in [-0.3, -0.25) is 9.71 Å². The van der Waals surface area contributed by atoms with Crippen molar-refractivity contribution in [2.24, 2.45) is 0 Å².